The van der Waals surface area contributed by atoms with Crippen LogP contribution in [0.5, 0.6) is 0 Å². The van der Waals surface area contributed by atoms with Crippen LogP contribution in [0.4, 0.5) is 18.9 Å². The van der Waals surface area contributed by atoms with E-state index in [1.54, 1.807) is 21.7 Å². The monoisotopic (exact) mass is 436 g/mol. The lowest BCUT2D eigenvalue weighted by Gasteiger charge is -2.29. The molecule has 0 unspecified atom stereocenters. The number of nitrogens with zero attached hydrogens (tertiary/aromatic N) is 4. The van der Waals surface area contributed by atoms with E-state index in [1.807, 2.05) is 0 Å². The van der Waals surface area contributed by atoms with Crippen molar-refractivity contribution in [3.05, 3.63) is 46.8 Å². The highest BCUT2D eigenvalue weighted by Crippen LogP contribution is 2.27. The number of fused-ring (bicyclic) bond motifs is 1. The number of aromatic nitrogens is 2. The summed E-state index contributed by atoms with van der Waals surface area (Å²) in [4.78, 5) is 20.8. The Morgan fingerprint density at radius 3 is 2.90 bits per heavy atom. The van der Waals surface area contributed by atoms with Crippen molar-refractivity contribution in [3.63, 3.8) is 0 Å². The van der Waals surface area contributed by atoms with Gasteiger partial charge in [0.1, 0.15) is 23.0 Å². The lowest BCUT2D eigenvalue weighted by Crippen LogP contribution is -2.48. The number of aryl methyl sites for hydroxylation is 1. The minimum atomic E-state index is -2.84. The first-order valence-corrected chi connectivity index (χ1v) is 10.0. The fourth-order valence-electron chi connectivity index (χ4n) is 3.79. The molecule has 0 aliphatic carbocycles. The Morgan fingerprint density at radius 1 is 1.32 bits per heavy atom. The number of aliphatic imine (C=N–C) groups is 1. The first kappa shape index (κ1) is 21.0. The van der Waals surface area contributed by atoms with Gasteiger partial charge >= 0.3 is 6.02 Å². The molecular formula is C20H23F3N6O2. The Kier molecular flexibility index (Phi) is 6.01. The molecule has 11 heteroatoms. The number of hydrazine groups is 1. The number of carbonyl (C=O) groups is 1. The molecule has 1 amide bonds. The van der Waals surface area contributed by atoms with Crippen LogP contribution in [-0.4, -0.2) is 41.7 Å². The molecular weight excluding hydrogens is 413 g/mol. The minimum Gasteiger partial charge on any atom is -0.467 e. The first-order chi connectivity index (χ1) is 15.0. The second-order valence-electron chi connectivity index (χ2n) is 7.29. The van der Waals surface area contributed by atoms with Gasteiger partial charge in [-0.05, 0) is 30.5 Å². The number of imidazole rings is 1. The fraction of sp³-hybridized carbons (Fsp3) is 0.450. The number of halogens is 3. The smallest absolute Gasteiger partial charge is 0.303 e. The average molecular weight is 436 g/mol. The van der Waals surface area contributed by atoms with Crippen molar-refractivity contribution in [2.45, 2.75) is 38.8 Å². The van der Waals surface area contributed by atoms with Gasteiger partial charge in [-0.2, -0.15) is 0 Å². The summed E-state index contributed by atoms with van der Waals surface area (Å²) < 4.78 is 48.1. The number of carbonyl (C=O) groups excluding carboxylic acids is 1. The van der Waals surface area contributed by atoms with Gasteiger partial charge in [0, 0.05) is 19.5 Å². The van der Waals surface area contributed by atoms with Crippen LogP contribution in [-0.2, 0) is 24.2 Å². The van der Waals surface area contributed by atoms with Crippen molar-refractivity contribution < 1.29 is 22.7 Å². The number of rotatable bonds is 5. The van der Waals surface area contributed by atoms with Crippen molar-refractivity contribution in [1.82, 2.24) is 20.3 Å². The molecule has 0 atom stereocenters. The third-order valence-corrected chi connectivity index (χ3v) is 5.29. The van der Waals surface area contributed by atoms with E-state index >= 15 is 0 Å². The Balaban J connectivity index is 1.47. The summed E-state index contributed by atoms with van der Waals surface area (Å²) in [6, 6.07) is 4.84. The van der Waals surface area contributed by atoms with E-state index in [-0.39, 0.29) is 12.2 Å². The average Bonchev–Trinajstić information content (AvgIpc) is 3.18. The van der Waals surface area contributed by atoms with Gasteiger partial charge in [0.25, 0.3) is 12.3 Å². The molecule has 0 saturated heterocycles. The molecule has 2 aliphatic heterocycles. The molecule has 2 aliphatic rings. The first-order valence-electron chi connectivity index (χ1n) is 10.0. The molecule has 0 spiro atoms. The molecule has 0 saturated carbocycles. The quantitative estimate of drug-likeness (QED) is 0.753. The minimum absolute atomic E-state index is 0.00255. The standard InChI is InChI=1S/C20H23F3N6O2/c1-31-20-24-7-9-29(27-20)14-6-5-12(10-13(14)21)11-25-19(30)17-16(18(22)23)26-15-4-2-3-8-28(15)17/h5-6,10,18H,2-4,7-9,11H2,1H3,(H,24,27)(H,25,30). The number of anilines is 1. The SMILES string of the molecule is COC1=NCCN(c2ccc(CNC(=O)c3c(C(F)F)nc4n3CCCC4)cc2F)N1. The van der Waals surface area contributed by atoms with E-state index in [0.717, 1.165) is 12.8 Å². The summed E-state index contributed by atoms with van der Waals surface area (Å²) in [5.41, 5.74) is 3.08. The number of alkyl halides is 2. The third kappa shape index (κ3) is 4.30. The normalized spacial score (nSPS) is 15.9. The van der Waals surface area contributed by atoms with Crippen LogP contribution in [0.1, 0.15) is 46.8 Å². The van der Waals surface area contributed by atoms with E-state index in [2.05, 4.69) is 20.7 Å². The Morgan fingerprint density at radius 2 is 2.16 bits per heavy atom. The largest absolute Gasteiger partial charge is 0.467 e. The number of benzene rings is 1. The highest BCUT2D eigenvalue weighted by molar-refractivity contribution is 5.94. The predicted octanol–water partition coefficient (Wildman–Crippen LogP) is 2.55. The molecule has 166 valence electrons. The molecule has 2 aromatic rings. The number of nitrogens with one attached hydrogen (secondary N) is 2. The Bertz CT molecular complexity index is 1010. The highest BCUT2D eigenvalue weighted by Gasteiger charge is 2.29. The van der Waals surface area contributed by atoms with E-state index in [1.165, 1.54) is 13.2 Å². The van der Waals surface area contributed by atoms with Gasteiger partial charge in [-0.25, -0.2) is 23.1 Å². The summed E-state index contributed by atoms with van der Waals surface area (Å²) in [7, 11) is 1.47. The zero-order chi connectivity index (χ0) is 22.0. The number of hydrogen-bond acceptors (Lipinski definition) is 6. The lowest BCUT2D eigenvalue weighted by molar-refractivity contribution is 0.0924. The van der Waals surface area contributed by atoms with E-state index in [4.69, 9.17) is 4.74 Å². The summed E-state index contributed by atoms with van der Waals surface area (Å²) in [6.07, 6.45) is -0.609. The van der Waals surface area contributed by atoms with E-state index in [0.29, 0.717) is 49.2 Å². The summed E-state index contributed by atoms with van der Waals surface area (Å²) in [5.74, 6) is -0.624. The van der Waals surface area contributed by atoms with Gasteiger partial charge in [0.15, 0.2) is 0 Å². The second kappa shape index (κ2) is 8.86. The second-order valence-corrected chi connectivity index (χ2v) is 7.29. The maximum absolute atomic E-state index is 14.7. The molecule has 4 rings (SSSR count). The number of amides is 1. The van der Waals surface area contributed by atoms with Crippen molar-refractivity contribution in [2.24, 2.45) is 4.99 Å². The van der Waals surface area contributed by atoms with E-state index in [9.17, 15) is 18.0 Å². The van der Waals surface area contributed by atoms with Crippen molar-refractivity contribution >= 4 is 17.6 Å². The summed E-state index contributed by atoms with van der Waals surface area (Å²) in [6.45, 7) is 1.40. The maximum atomic E-state index is 14.7. The lowest BCUT2D eigenvalue weighted by atomic mass is 10.1. The maximum Gasteiger partial charge on any atom is 0.303 e. The van der Waals surface area contributed by atoms with Crippen LogP contribution >= 0.6 is 0 Å². The summed E-state index contributed by atoms with van der Waals surface area (Å²) in [5, 5.41) is 4.20. The number of ether oxygens (including phenoxy) is 1. The Hall–Kier alpha value is -3.24. The van der Waals surface area contributed by atoms with Crippen LogP contribution < -0.4 is 15.8 Å². The molecule has 1 aromatic heterocycles. The molecule has 3 heterocycles. The predicted molar refractivity (Wildman–Crippen MR) is 107 cm³/mol. The molecule has 31 heavy (non-hydrogen) atoms. The van der Waals surface area contributed by atoms with Crippen LogP contribution in [0, 0.1) is 5.82 Å². The fourth-order valence-corrected chi connectivity index (χ4v) is 3.79. The van der Waals surface area contributed by atoms with Crippen molar-refractivity contribution in [2.75, 3.05) is 25.2 Å². The molecule has 0 bridgehead atoms. The van der Waals surface area contributed by atoms with Crippen LogP contribution in [0.15, 0.2) is 23.2 Å². The van der Waals surface area contributed by atoms with Crippen LogP contribution in [0.2, 0.25) is 0 Å². The van der Waals surface area contributed by atoms with Gasteiger partial charge in [-0.15, -0.1) is 0 Å². The third-order valence-electron chi connectivity index (χ3n) is 5.29. The molecule has 0 fully saturated rings. The summed E-state index contributed by atoms with van der Waals surface area (Å²) >= 11 is 0. The molecule has 0 radical (unpaired) electrons. The number of methoxy groups -OCH3 is 1. The molecule has 8 nitrogen and oxygen atoms in total. The molecule has 1 aromatic carbocycles. The number of hydrogen-bond donors (Lipinski definition) is 2. The van der Waals surface area contributed by atoms with Gasteiger partial charge in [0.2, 0.25) is 0 Å². The van der Waals surface area contributed by atoms with Gasteiger partial charge in [-0.1, -0.05) is 6.07 Å². The molecule has 2 N–H and O–H groups in total. The van der Waals surface area contributed by atoms with Crippen molar-refractivity contribution in [3.8, 4) is 0 Å². The van der Waals surface area contributed by atoms with Crippen molar-refractivity contribution in [1.29, 1.82) is 0 Å². The van der Waals surface area contributed by atoms with Gasteiger partial charge < -0.3 is 14.6 Å². The zero-order valence-corrected chi connectivity index (χ0v) is 17.0. The van der Waals surface area contributed by atoms with E-state index < -0.39 is 23.8 Å². The topological polar surface area (TPSA) is 83.8 Å². The van der Waals surface area contributed by atoms with Crippen LogP contribution in [0.25, 0.3) is 0 Å². The Labute approximate surface area is 177 Å². The highest BCUT2D eigenvalue weighted by atomic mass is 19.3. The zero-order valence-electron chi connectivity index (χ0n) is 17.0. The number of amidine groups is 1. The van der Waals surface area contributed by atoms with Crippen LogP contribution in [0.3, 0.4) is 0 Å². The van der Waals surface area contributed by atoms with Gasteiger partial charge in [-0.3, -0.25) is 15.2 Å². The van der Waals surface area contributed by atoms with Gasteiger partial charge in [0.05, 0.1) is 25.9 Å².